The van der Waals surface area contributed by atoms with E-state index in [2.05, 4.69) is 45.9 Å². The third kappa shape index (κ3) is 3.46. The van der Waals surface area contributed by atoms with Gasteiger partial charge in [-0.25, -0.2) is 8.42 Å². The number of hydrogen-bond donors (Lipinski definition) is 0. The van der Waals surface area contributed by atoms with E-state index in [1.54, 1.807) is 16.4 Å². The molecule has 1 aromatic carbocycles. The molecular weight excluding hydrogens is 410 g/mol. The van der Waals surface area contributed by atoms with E-state index in [9.17, 15) is 8.42 Å². The molecule has 164 valence electrons. The fraction of sp³-hybridized carbons (Fsp3) is 0.583. The van der Waals surface area contributed by atoms with Crippen molar-refractivity contribution < 1.29 is 12.8 Å². The van der Waals surface area contributed by atoms with Crippen molar-refractivity contribution in [3.63, 3.8) is 0 Å². The number of aryl methyl sites for hydroxylation is 1. The Hall–Kier alpha value is -1.21. The van der Waals surface area contributed by atoms with Gasteiger partial charge in [0.15, 0.2) is 0 Å². The first-order valence-corrected chi connectivity index (χ1v) is 14.8. The second-order valence-corrected chi connectivity index (χ2v) is 16.7. The van der Waals surface area contributed by atoms with Gasteiger partial charge in [-0.2, -0.15) is 4.31 Å². The molecule has 4 nitrogen and oxygen atoms in total. The van der Waals surface area contributed by atoms with Crippen molar-refractivity contribution in [2.24, 2.45) is 11.8 Å². The van der Waals surface area contributed by atoms with Gasteiger partial charge in [-0.1, -0.05) is 69.2 Å². The molecule has 6 heteroatoms. The second kappa shape index (κ2) is 8.04. The van der Waals surface area contributed by atoms with Crippen LogP contribution < -0.4 is 0 Å². The van der Waals surface area contributed by atoms with Gasteiger partial charge in [0, 0.05) is 31.2 Å². The first-order chi connectivity index (χ1) is 14.2. The summed E-state index contributed by atoms with van der Waals surface area (Å²) in [5.41, 5.74) is 3.88. The Morgan fingerprint density at radius 1 is 1.10 bits per heavy atom. The van der Waals surface area contributed by atoms with E-state index in [1.165, 1.54) is 5.57 Å². The average molecular weight is 446 g/mol. The summed E-state index contributed by atoms with van der Waals surface area (Å²) < 4.78 is 35.2. The van der Waals surface area contributed by atoms with Crippen LogP contribution in [0.2, 0.25) is 16.6 Å². The van der Waals surface area contributed by atoms with Crippen LogP contribution in [0.3, 0.4) is 0 Å². The first-order valence-electron chi connectivity index (χ1n) is 11.2. The number of fused-ring (bicyclic) bond motifs is 3. The van der Waals surface area contributed by atoms with Crippen molar-refractivity contribution in [2.45, 2.75) is 62.6 Å². The van der Waals surface area contributed by atoms with Crippen molar-refractivity contribution in [3.8, 4) is 0 Å². The molecule has 30 heavy (non-hydrogen) atoms. The summed E-state index contributed by atoms with van der Waals surface area (Å²) in [6.45, 7) is 13.1. The van der Waals surface area contributed by atoms with Crippen molar-refractivity contribution in [1.82, 2.24) is 4.31 Å². The number of benzene rings is 1. The highest BCUT2D eigenvalue weighted by atomic mass is 32.2. The molecule has 0 radical (unpaired) electrons. The van der Waals surface area contributed by atoms with Crippen LogP contribution in [-0.2, 0) is 14.4 Å². The molecule has 2 heterocycles. The van der Waals surface area contributed by atoms with Crippen LogP contribution in [-0.4, -0.2) is 40.7 Å². The monoisotopic (exact) mass is 445 g/mol. The van der Waals surface area contributed by atoms with E-state index in [0.29, 0.717) is 40.5 Å². The Balaban J connectivity index is 1.66. The van der Waals surface area contributed by atoms with Crippen LogP contribution >= 0.6 is 0 Å². The molecule has 4 rings (SSSR count). The summed E-state index contributed by atoms with van der Waals surface area (Å²) in [6, 6.07) is 7.22. The maximum absolute atomic E-state index is 13.4. The van der Waals surface area contributed by atoms with Gasteiger partial charge in [0.25, 0.3) is 0 Å². The van der Waals surface area contributed by atoms with Gasteiger partial charge in [-0.15, -0.1) is 0 Å². The Morgan fingerprint density at radius 3 is 2.40 bits per heavy atom. The highest BCUT2D eigenvalue weighted by molar-refractivity contribution is 7.89. The summed E-state index contributed by atoms with van der Waals surface area (Å²) in [7, 11) is -5.47. The number of allylic oxidation sites excluding steroid dienone is 3. The fourth-order valence-electron chi connectivity index (χ4n) is 6.04. The molecule has 0 unspecified atom stereocenters. The lowest BCUT2D eigenvalue weighted by molar-refractivity contribution is 0.256. The third-order valence-corrected chi connectivity index (χ3v) is 15.3. The molecule has 1 aliphatic carbocycles. The van der Waals surface area contributed by atoms with Crippen molar-refractivity contribution in [2.75, 3.05) is 19.7 Å². The molecule has 3 atom stereocenters. The summed E-state index contributed by atoms with van der Waals surface area (Å²) in [6.07, 6.45) is 7.86. The molecule has 2 aliphatic heterocycles. The predicted molar refractivity (Wildman–Crippen MR) is 124 cm³/mol. The SMILES string of the molecule is Cc1ccc(S(=O)(=O)N2C/C3=C/C/C=C\[C@H]4[C@@H](CO[Si]4(C(C)C)C(C)C)[C@@H]3C2)cc1. The van der Waals surface area contributed by atoms with Crippen LogP contribution in [0.1, 0.15) is 39.7 Å². The minimum absolute atomic E-state index is 0.257. The van der Waals surface area contributed by atoms with E-state index in [1.807, 2.05) is 19.1 Å². The zero-order valence-electron chi connectivity index (χ0n) is 18.8. The number of nitrogens with zero attached hydrogens (tertiary/aromatic N) is 1. The minimum Gasteiger partial charge on any atom is -0.415 e. The zero-order valence-corrected chi connectivity index (χ0v) is 20.7. The van der Waals surface area contributed by atoms with Gasteiger partial charge < -0.3 is 4.43 Å². The molecule has 2 fully saturated rings. The maximum atomic E-state index is 13.4. The van der Waals surface area contributed by atoms with E-state index in [4.69, 9.17) is 4.43 Å². The summed E-state index contributed by atoms with van der Waals surface area (Å²) >= 11 is 0. The summed E-state index contributed by atoms with van der Waals surface area (Å²) in [4.78, 5) is 0.397. The molecule has 0 aromatic heterocycles. The molecule has 0 saturated carbocycles. The highest BCUT2D eigenvalue weighted by Crippen LogP contribution is 2.56. The smallest absolute Gasteiger partial charge is 0.243 e. The number of rotatable bonds is 4. The molecule has 2 saturated heterocycles. The largest absolute Gasteiger partial charge is 0.415 e. The third-order valence-electron chi connectivity index (χ3n) is 7.58. The van der Waals surface area contributed by atoms with Crippen molar-refractivity contribution in [3.05, 3.63) is 53.6 Å². The maximum Gasteiger partial charge on any atom is 0.243 e. The second-order valence-electron chi connectivity index (χ2n) is 9.82. The Morgan fingerprint density at radius 2 is 1.77 bits per heavy atom. The van der Waals surface area contributed by atoms with E-state index < -0.39 is 18.3 Å². The van der Waals surface area contributed by atoms with Gasteiger partial charge in [-0.3, -0.25) is 0 Å². The van der Waals surface area contributed by atoms with Gasteiger partial charge in [0.1, 0.15) is 0 Å². The number of hydrogen-bond acceptors (Lipinski definition) is 3. The first kappa shape index (κ1) is 22.0. The van der Waals surface area contributed by atoms with E-state index in [-0.39, 0.29) is 5.92 Å². The molecule has 3 aliphatic rings. The van der Waals surface area contributed by atoms with Gasteiger partial charge in [0.05, 0.1) is 4.90 Å². The van der Waals surface area contributed by atoms with E-state index in [0.717, 1.165) is 18.6 Å². The molecular formula is C24H35NO3SSi. The van der Waals surface area contributed by atoms with E-state index >= 15 is 0 Å². The molecule has 0 spiro atoms. The lowest BCUT2D eigenvalue weighted by Gasteiger charge is -2.40. The zero-order chi connectivity index (χ0) is 21.7. The lowest BCUT2D eigenvalue weighted by atomic mass is 9.84. The topological polar surface area (TPSA) is 46.6 Å². The predicted octanol–water partition coefficient (Wildman–Crippen LogP) is 5.28. The van der Waals surface area contributed by atoms with Gasteiger partial charge in [-0.05, 0) is 42.5 Å². The molecule has 0 amide bonds. The minimum atomic E-state index is -3.49. The quantitative estimate of drug-likeness (QED) is 0.468. The van der Waals surface area contributed by atoms with Gasteiger partial charge >= 0.3 is 0 Å². The lowest BCUT2D eigenvalue weighted by Crippen LogP contribution is -2.45. The Kier molecular flexibility index (Phi) is 5.90. The van der Waals surface area contributed by atoms with Crippen LogP contribution in [0.4, 0.5) is 0 Å². The van der Waals surface area contributed by atoms with Crippen LogP contribution in [0.15, 0.2) is 53.0 Å². The highest BCUT2D eigenvalue weighted by Gasteiger charge is 2.58. The Bertz CT molecular complexity index is 941. The fourth-order valence-corrected chi connectivity index (χ4v) is 13.1. The normalized spacial score (nSPS) is 31.7. The van der Waals surface area contributed by atoms with Gasteiger partial charge in [0.2, 0.25) is 18.3 Å². The van der Waals surface area contributed by atoms with Crippen LogP contribution in [0, 0.1) is 18.8 Å². The average Bonchev–Trinajstić information content (AvgIpc) is 3.25. The summed E-state index contributed by atoms with van der Waals surface area (Å²) in [5, 5.41) is 0. The summed E-state index contributed by atoms with van der Waals surface area (Å²) in [5.74, 6) is 0.634. The Labute approximate surface area is 183 Å². The van der Waals surface area contributed by atoms with Crippen molar-refractivity contribution in [1.29, 1.82) is 0 Å². The van der Waals surface area contributed by atoms with Crippen LogP contribution in [0.25, 0.3) is 0 Å². The standard InChI is InChI=1S/C24H35NO3SSi/c1-17(2)30(18(3)4)24-9-7-6-8-20-14-25(15-22(20)23(24)16-28-30)29(26,27)21-12-10-19(5)11-13-21/h7-13,17-18,22-24H,6,14-16H2,1-5H3/b9-7-,20-8-/t22-,23+,24+/m1/s1. The van der Waals surface area contributed by atoms with Crippen molar-refractivity contribution >= 4 is 18.3 Å². The molecule has 0 N–H and O–H groups in total. The molecule has 1 aromatic rings. The van der Waals surface area contributed by atoms with Crippen LogP contribution in [0.5, 0.6) is 0 Å². The number of sulfonamides is 1. The molecule has 0 bridgehead atoms.